The molecule has 0 aromatic rings. The van der Waals surface area contributed by atoms with E-state index in [4.69, 9.17) is 33.8 Å². The highest BCUT2D eigenvalue weighted by atomic mass is 35.5. The zero-order valence-corrected chi connectivity index (χ0v) is 12.7. The Morgan fingerprint density at radius 2 is 1.05 bits per heavy atom. The molecular formula is C10H25ClN10. The Morgan fingerprint density at radius 3 is 1.33 bits per heavy atom. The standard InChI is InChI=1S/C10H24N10.ClH/c11-7(12)19-9(15)17-5-3-1-2-4-6-18-10(16)20-8(13)14;/h1-6H2,(H6,11,12,15,17,19)(H6,13,14,16,18,20);1H. The van der Waals surface area contributed by atoms with Crippen LogP contribution < -0.4 is 33.6 Å². The Labute approximate surface area is 130 Å². The lowest BCUT2D eigenvalue weighted by atomic mass is 10.2. The molecule has 0 amide bonds. The lowest BCUT2D eigenvalue weighted by Gasteiger charge is -2.03. The summed E-state index contributed by atoms with van der Waals surface area (Å²) < 4.78 is 0. The van der Waals surface area contributed by atoms with Crippen LogP contribution in [0.1, 0.15) is 25.7 Å². The maximum Gasteiger partial charge on any atom is 0.195 e. The first-order chi connectivity index (χ1) is 9.41. The van der Waals surface area contributed by atoms with Crippen LogP contribution in [-0.4, -0.2) is 36.9 Å². The molecule has 0 aliphatic carbocycles. The molecule has 0 aromatic carbocycles. The fraction of sp³-hybridized carbons (Fsp3) is 0.600. The number of rotatable bonds is 7. The van der Waals surface area contributed by atoms with Gasteiger partial charge in [0.05, 0.1) is 0 Å². The average Bonchev–Trinajstić information content (AvgIpc) is 2.30. The lowest BCUT2D eigenvalue weighted by Crippen LogP contribution is -2.40. The van der Waals surface area contributed by atoms with Crippen LogP contribution in [-0.2, 0) is 0 Å². The molecule has 21 heavy (non-hydrogen) atoms. The van der Waals surface area contributed by atoms with Crippen molar-refractivity contribution in [1.29, 1.82) is 10.8 Å². The van der Waals surface area contributed by atoms with E-state index in [2.05, 4.69) is 20.6 Å². The Kier molecular flexibility index (Phi) is 12.8. The van der Waals surface area contributed by atoms with E-state index in [1.165, 1.54) is 0 Å². The number of hydrogen-bond acceptors (Lipinski definition) is 4. The first-order valence-corrected chi connectivity index (χ1v) is 6.23. The summed E-state index contributed by atoms with van der Waals surface area (Å²) in [7, 11) is 0. The molecule has 0 saturated carbocycles. The molecule has 122 valence electrons. The number of nitrogens with zero attached hydrogens (tertiary/aromatic N) is 2. The van der Waals surface area contributed by atoms with Gasteiger partial charge in [-0.3, -0.25) is 31.4 Å². The molecular weight excluding hydrogens is 296 g/mol. The van der Waals surface area contributed by atoms with Gasteiger partial charge in [0.25, 0.3) is 0 Å². The number of hydrogen-bond donors (Lipinski definition) is 8. The quantitative estimate of drug-likeness (QED) is 0.160. The monoisotopic (exact) mass is 320 g/mol. The topological polar surface area (TPSA) is 201 Å². The molecule has 0 radical (unpaired) electrons. The average molecular weight is 321 g/mol. The Bertz CT molecular complexity index is 342. The number of halogens is 1. The van der Waals surface area contributed by atoms with Crippen LogP contribution in [0.15, 0.2) is 9.98 Å². The second-order valence-electron chi connectivity index (χ2n) is 4.03. The summed E-state index contributed by atoms with van der Waals surface area (Å²) in [6.45, 7) is 1.17. The maximum absolute atomic E-state index is 6.95. The maximum atomic E-state index is 6.95. The molecule has 12 N–H and O–H groups in total. The molecule has 0 bridgehead atoms. The van der Waals surface area contributed by atoms with Crippen LogP contribution in [0.3, 0.4) is 0 Å². The summed E-state index contributed by atoms with van der Waals surface area (Å²) >= 11 is 0. The van der Waals surface area contributed by atoms with Crippen molar-refractivity contribution in [3.63, 3.8) is 0 Å². The first-order valence-electron chi connectivity index (χ1n) is 6.23. The predicted octanol–water partition coefficient (Wildman–Crippen LogP) is -1.44. The first kappa shape index (κ1) is 21.1. The van der Waals surface area contributed by atoms with Crippen molar-refractivity contribution in [2.24, 2.45) is 32.9 Å². The summed E-state index contributed by atoms with van der Waals surface area (Å²) in [5, 5.41) is 18.7. The number of nitrogens with one attached hydrogen (secondary N) is 4. The minimum atomic E-state index is -0.221. The van der Waals surface area contributed by atoms with Crippen LogP contribution in [0, 0.1) is 10.8 Å². The molecule has 0 saturated heterocycles. The predicted molar refractivity (Wildman–Crippen MR) is 88.8 cm³/mol. The molecule has 0 heterocycles. The van der Waals surface area contributed by atoms with E-state index < -0.39 is 0 Å². The number of unbranched alkanes of at least 4 members (excludes halogenated alkanes) is 3. The van der Waals surface area contributed by atoms with Gasteiger partial charge in [0.15, 0.2) is 23.8 Å². The molecule has 0 atom stereocenters. The fourth-order valence-electron chi connectivity index (χ4n) is 1.33. The Hall–Kier alpha value is -2.23. The van der Waals surface area contributed by atoms with Crippen molar-refractivity contribution < 1.29 is 0 Å². The van der Waals surface area contributed by atoms with Crippen molar-refractivity contribution in [2.45, 2.75) is 25.7 Å². The van der Waals surface area contributed by atoms with Crippen molar-refractivity contribution in [3.05, 3.63) is 0 Å². The minimum absolute atomic E-state index is 0. The highest BCUT2D eigenvalue weighted by Crippen LogP contribution is 2.00. The van der Waals surface area contributed by atoms with Crippen molar-refractivity contribution in [3.8, 4) is 0 Å². The zero-order valence-electron chi connectivity index (χ0n) is 11.9. The third kappa shape index (κ3) is 15.7. The van der Waals surface area contributed by atoms with Gasteiger partial charge in [-0.1, -0.05) is 12.8 Å². The largest absolute Gasteiger partial charge is 0.370 e. The number of aliphatic imine (C=N–C) groups is 2. The van der Waals surface area contributed by atoms with Gasteiger partial charge in [0, 0.05) is 13.1 Å². The third-order valence-corrected chi connectivity index (χ3v) is 2.16. The van der Waals surface area contributed by atoms with Crippen LogP contribution >= 0.6 is 12.4 Å². The van der Waals surface area contributed by atoms with Gasteiger partial charge in [-0.2, -0.15) is 0 Å². The van der Waals surface area contributed by atoms with E-state index in [-0.39, 0.29) is 36.2 Å². The van der Waals surface area contributed by atoms with E-state index in [9.17, 15) is 0 Å². The third-order valence-electron chi connectivity index (χ3n) is 2.16. The molecule has 10 nitrogen and oxygen atoms in total. The number of guanidine groups is 4. The van der Waals surface area contributed by atoms with Gasteiger partial charge < -0.3 is 22.9 Å². The van der Waals surface area contributed by atoms with Crippen LogP contribution in [0.5, 0.6) is 0 Å². The van der Waals surface area contributed by atoms with E-state index in [0.717, 1.165) is 25.7 Å². The highest BCUT2D eigenvalue weighted by molar-refractivity contribution is 5.96. The molecule has 0 spiro atoms. The van der Waals surface area contributed by atoms with Gasteiger partial charge in [0.2, 0.25) is 0 Å². The zero-order chi connectivity index (χ0) is 15.4. The highest BCUT2D eigenvalue weighted by Gasteiger charge is 1.94. The minimum Gasteiger partial charge on any atom is -0.370 e. The van der Waals surface area contributed by atoms with E-state index in [0.29, 0.717) is 13.1 Å². The Morgan fingerprint density at radius 1 is 0.714 bits per heavy atom. The van der Waals surface area contributed by atoms with Gasteiger partial charge in [-0.05, 0) is 12.8 Å². The van der Waals surface area contributed by atoms with E-state index in [1.54, 1.807) is 0 Å². The molecule has 11 heteroatoms. The van der Waals surface area contributed by atoms with Crippen molar-refractivity contribution in [1.82, 2.24) is 10.6 Å². The second kappa shape index (κ2) is 12.8. The van der Waals surface area contributed by atoms with E-state index >= 15 is 0 Å². The molecule has 0 fully saturated rings. The van der Waals surface area contributed by atoms with Crippen molar-refractivity contribution in [2.75, 3.05) is 13.1 Å². The van der Waals surface area contributed by atoms with Crippen molar-refractivity contribution >= 4 is 36.2 Å². The molecule has 0 unspecified atom stereocenters. The van der Waals surface area contributed by atoms with Crippen LogP contribution in [0.2, 0.25) is 0 Å². The molecule has 0 rings (SSSR count). The normalized spacial score (nSPS) is 11.4. The van der Waals surface area contributed by atoms with Gasteiger partial charge >= 0.3 is 0 Å². The van der Waals surface area contributed by atoms with Gasteiger partial charge in [-0.25, -0.2) is 0 Å². The van der Waals surface area contributed by atoms with Gasteiger partial charge in [-0.15, -0.1) is 12.4 Å². The molecule has 0 aliphatic rings. The summed E-state index contributed by atoms with van der Waals surface area (Å²) in [4.78, 5) is 8.02. The molecule has 0 aromatic heterocycles. The number of nitrogens with two attached hydrogens (primary N) is 4. The summed E-state index contributed by atoms with van der Waals surface area (Å²) in [6.07, 6.45) is 3.77. The molecule has 0 aliphatic heterocycles. The summed E-state index contributed by atoms with van der Waals surface area (Å²) in [5.74, 6) is -0.128. The fourth-order valence-corrected chi connectivity index (χ4v) is 1.33. The smallest absolute Gasteiger partial charge is 0.195 e. The van der Waals surface area contributed by atoms with E-state index in [1.807, 2.05) is 0 Å². The van der Waals surface area contributed by atoms with Gasteiger partial charge in [0.1, 0.15) is 0 Å². The summed E-state index contributed by atoms with van der Waals surface area (Å²) in [5.41, 5.74) is 21.1. The van der Waals surface area contributed by atoms with Crippen LogP contribution in [0.4, 0.5) is 0 Å². The lowest BCUT2D eigenvalue weighted by molar-refractivity contribution is 0.653. The SMILES string of the molecule is Cl.N=C(N)NC(N)=NCCCCCCN=C(N)NC(=N)N. The van der Waals surface area contributed by atoms with Crippen LogP contribution in [0.25, 0.3) is 0 Å². The Balaban J connectivity index is 0. The second-order valence-corrected chi connectivity index (χ2v) is 4.03. The summed E-state index contributed by atoms with van der Waals surface area (Å²) in [6, 6.07) is 0.